The van der Waals surface area contributed by atoms with Gasteiger partial charge in [-0.05, 0) is 0 Å². The van der Waals surface area contributed by atoms with E-state index in [0.717, 1.165) is 0 Å². The number of rotatable bonds is 1. The van der Waals surface area contributed by atoms with Gasteiger partial charge in [-0.1, -0.05) is 0 Å². The summed E-state index contributed by atoms with van der Waals surface area (Å²) in [6.07, 6.45) is -7.08. The maximum Gasteiger partial charge on any atom is 0.420 e. The average molecular weight is 241 g/mol. The van der Waals surface area contributed by atoms with Crippen LogP contribution < -0.4 is 5.43 Å². The highest BCUT2D eigenvalue weighted by atomic mass is 32.1. The number of alkyl halides is 3. The molecule has 0 aromatic carbocycles. The number of aromatic nitrogens is 1. The van der Waals surface area contributed by atoms with Crippen LogP contribution in [0.2, 0.25) is 0 Å². The molecule has 8 heteroatoms. The lowest BCUT2D eigenvalue weighted by Crippen LogP contribution is -2.23. The Balaban J connectivity index is 3.29. The molecule has 0 spiro atoms. The summed E-state index contributed by atoms with van der Waals surface area (Å²) >= 11 is 3.49. The fourth-order valence-corrected chi connectivity index (χ4v) is 1.20. The second-order valence-electron chi connectivity index (χ2n) is 2.71. The normalized spacial score (nSPS) is 13.9. The lowest BCUT2D eigenvalue weighted by Gasteiger charge is -2.15. The summed E-state index contributed by atoms with van der Waals surface area (Å²) in [7, 11) is 0. The zero-order valence-electron chi connectivity index (χ0n) is 7.04. The molecule has 0 bridgehead atoms. The van der Waals surface area contributed by atoms with Crippen molar-refractivity contribution in [2.24, 2.45) is 0 Å². The van der Waals surface area contributed by atoms with Gasteiger partial charge in [0.2, 0.25) is 5.43 Å². The van der Waals surface area contributed by atoms with Gasteiger partial charge in [-0.2, -0.15) is 13.2 Å². The quantitative estimate of drug-likeness (QED) is 0.553. The molecule has 1 aromatic rings. The van der Waals surface area contributed by atoms with E-state index < -0.39 is 34.0 Å². The molecular formula is C7H6F3NO3S. The highest BCUT2D eigenvalue weighted by molar-refractivity contribution is 7.80. The first-order chi connectivity index (χ1) is 6.75. The topological polar surface area (TPSA) is 73.3 Å². The fourth-order valence-electron chi connectivity index (χ4n) is 0.896. The Morgan fingerprint density at radius 3 is 2.47 bits per heavy atom. The molecule has 0 fully saturated rings. The van der Waals surface area contributed by atoms with Gasteiger partial charge in [-0.25, -0.2) is 0 Å². The van der Waals surface area contributed by atoms with Gasteiger partial charge in [-0.3, -0.25) is 4.79 Å². The highest BCUT2D eigenvalue weighted by Crippen LogP contribution is 2.33. The number of nitrogens with one attached hydrogen (secondary N) is 1. The number of aromatic amines is 1. The SMILES string of the molecule is O=c1c(O)c[nH]c(C(O)C(F)(F)F)c1S. The van der Waals surface area contributed by atoms with Crippen molar-refractivity contribution in [2.75, 3.05) is 0 Å². The first-order valence-electron chi connectivity index (χ1n) is 3.63. The lowest BCUT2D eigenvalue weighted by atomic mass is 10.2. The summed E-state index contributed by atoms with van der Waals surface area (Å²) in [6, 6.07) is 0. The molecule has 1 atom stereocenters. The summed E-state index contributed by atoms with van der Waals surface area (Å²) in [5.41, 5.74) is -1.87. The van der Waals surface area contributed by atoms with Crippen molar-refractivity contribution in [2.45, 2.75) is 17.2 Å². The molecular weight excluding hydrogens is 235 g/mol. The Morgan fingerprint density at radius 2 is 2.00 bits per heavy atom. The van der Waals surface area contributed by atoms with E-state index >= 15 is 0 Å². The highest BCUT2D eigenvalue weighted by Gasteiger charge is 2.41. The molecule has 1 rings (SSSR count). The number of aliphatic hydroxyl groups excluding tert-OH is 1. The van der Waals surface area contributed by atoms with E-state index in [2.05, 4.69) is 12.6 Å². The van der Waals surface area contributed by atoms with Crippen molar-refractivity contribution in [1.82, 2.24) is 4.98 Å². The van der Waals surface area contributed by atoms with E-state index in [-0.39, 0.29) is 0 Å². The van der Waals surface area contributed by atoms with E-state index in [0.29, 0.717) is 6.20 Å². The number of H-pyrrole nitrogens is 1. The predicted molar refractivity (Wildman–Crippen MR) is 47.0 cm³/mol. The van der Waals surface area contributed by atoms with Crippen molar-refractivity contribution in [3.05, 3.63) is 22.1 Å². The van der Waals surface area contributed by atoms with Crippen LogP contribution in [-0.2, 0) is 0 Å². The molecule has 0 aliphatic carbocycles. The monoisotopic (exact) mass is 241 g/mol. The van der Waals surface area contributed by atoms with Gasteiger partial charge in [-0.15, -0.1) is 12.6 Å². The van der Waals surface area contributed by atoms with Gasteiger partial charge in [0, 0.05) is 6.20 Å². The maximum atomic E-state index is 12.1. The third kappa shape index (κ3) is 2.26. The molecule has 1 heterocycles. The molecule has 4 nitrogen and oxygen atoms in total. The molecule has 0 saturated heterocycles. The molecule has 0 radical (unpaired) electrons. The molecule has 15 heavy (non-hydrogen) atoms. The van der Waals surface area contributed by atoms with E-state index in [1.165, 1.54) is 0 Å². The number of thiol groups is 1. The van der Waals surface area contributed by atoms with Gasteiger partial charge >= 0.3 is 6.18 Å². The zero-order valence-corrected chi connectivity index (χ0v) is 7.93. The average Bonchev–Trinajstić information content (AvgIpc) is 2.12. The molecule has 1 aromatic heterocycles. The lowest BCUT2D eigenvalue weighted by molar-refractivity contribution is -0.208. The third-order valence-corrected chi connectivity index (χ3v) is 2.09. The second-order valence-corrected chi connectivity index (χ2v) is 3.16. The molecule has 84 valence electrons. The van der Waals surface area contributed by atoms with Gasteiger partial charge in [0.1, 0.15) is 0 Å². The summed E-state index contributed by atoms with van der Waals surface area (Å²) in [6.45, 7) is 0. The summed E-state index contributed by atoms with van der Waals surface area (Å²) in [5.74, 6) is -0.766. The summed E-state index contributed by atoms with van der Waals surface area (Å²) in [5, 5.41) is 17.7. The number of hydrogen-bond acceptors (Lipinski definition) is 4. The minimum Gasteiger partial charge on any atom is -0.503 e. The molecule has 0 amide bonds. The van der Waals surface area contributed by atoms with Crippen LogP contribution in [0.25, 0.3) is 0 Å². The zero-order chi connectivity index (χ0) is 11.8. The number of aromatic hydroxyl groups is 1. The number of pyridine rings is 1. The maximum absolute atomic E-state index is 12.1. The first-order valence-corrected chi connectivity index (χ1v) is 4.08. The Kier molecular flexibility index (Phi) is 3.00. The van der Waals surface area contributed by atoms with Crippen LogP contribution in [-0.4, -0.2) is 21.4 Å². The van der Waals surface area contributed by atoms with Crippen molar-refractivity contribution in [1.29, 1.82) is 0 Å². The van der Waals surface area contributed by atoms with Crippen LogP contribution in [0.3, 0.4) is 0 Å². The predicted octanol–water partition coefficient (Wildman–Crippen LogP) is 0.965. The Bertz CT molecular complexity index is 428. The van der Waals surface area contributed by atoms with Crippen molar-refractivity contribution < 1.29 is 23.4 Å². The van der Waals surface area contributed by atoms with Crippen LogP contribution in [0.15, 0.2) is 15.9 Å². The smallest absolute Gasteiger partial charge is 0.420 e. The van der Waals surface area contributed by atoms with Crippen LogP contribution in [0.5, 0.6) is 5.75 Å². The molecule has 0 aliphatic heterocycles. The molecule has 3 N–H and O–H groups in total. The van der Waals surface area contributed by atoms with E-state index in [9.17, 15) is 18.0 Å². The van der Waals surface area contributed by atoms with Crippen molar-refractivity contribution in [3.63, 3.8) is 0 Å². The number of halogens is 3. The van der Waals surface area contributed by atoms with E-state index in [4.69, 9.17) is 10.2 Å². The molecule has 0 saturated carbocycles. The first kappa shape index (κ1) is 11.9. The Labute approximate surface area is 86.8 Å². The van der Waals surface area contributed by atoms with Gasteiger partial charge in [0.15, 0.2) is 11.9 Å². The standard InChI is InChI=1S/C7H6F3NO3S/c8-7(9,10)6(14)3-5(15)4(13)2(12)1-11-3/h1,6,12,14-15H,(H,11,13). The fraction of sp³-hybridized carbons (Fsp3) is 0.286. The van der Waals surface area contributed by atoms with Gasteiger partial charge < -0.3 is 15.2 Å². The van der Waals surface area contributed by atoms with Gasteiger partial charge in [0.25, 0.3) is 0 Å². The largest absolute Gasteiger partial charge is 0.503 e. The minimum absolute atomic E-state index is 0.659. The van der Waals surface area contributed by atoms with Crippen LogP contribution in [0.1, 0.15) is 11.8 Å². The molecule has 1 unspecified atom stereocenters. The van der Waals surface area contributed by atoms with E-state index in [1.54, 1.807) is 0 Å². The van der Waals surface area contributed by atoms with Crippen molar-refractivity contribution in [3.8, 4) is 5.75 Å². The third-order valence-electron chi connectivity index (χ3n) is 1.65. The minimum atomic E-state index is -4.91. The van der Waals surface area contributed by atoms with Crippen LogP contribution in [0, 0.1) is 0 Å². The molecule has 0 aliphatic rings. The Hall–Kier alpha value is -1.15. The summed E-state index contributed by atoms with van der Waals surface area (Å²) < 4.78 is 36.2. The van der Waals surface area contributed by atoms with Crippen LogP contribution in [0.4, 0.5) is 13.2 Å². The van der Waals surface area contributed by atoms with Crippen molar-refractivity contribution >= 4 is 12.6 Å². The number of hydrogen-bond donors (Lipinski definition) is 4. The van der Waals surface area contributed by atoms with Crippen LogP contribution >= 0.6 is 12.6 Å². The Morgan fingerprint density at radius 1 is 1.47 bits per heavy atom. The van der Waals surface area contributed by atoms with E-state index in [1.807, 2.05) is 4.98 Å². The second kappa shape index (κ2) is 3.78. The van der Waals surface area contributed by atoms with Gasteiger partial charge in [0.05, 0.1) is 10.6 Å². The number of aliphatic hydroxyl groups is 1. The summed E-state index contributed by atoms with van der Waals surface area (Å²) in [4.78, 5) is 12.3.